The van der Waals surface area contributed by atoms with Gasteiger partial charge >= 0.3 is 23.1 Å². The maximum absolute atomic E-state index is 0. The second kappa shape index (κ2) is 19.7. The smallest absolute Gasteiger partial charge is 1.00 e. The quantitative estimate of drug-likeness (QED) is 0.339. The molecular weight excluding hydrogens is 106 g/mol. The van der Waals surface area contributed by atoms with Gasteiger partial charge in [0.1, 0.15) is 0 Å². The van der Waals surface area contributed by atoms with Crippen LogP contribution in [0.15, 0.2) is 0 Å². The largest absolute Gasteiger partial charge is 2.00 e. The maximum atomic E-state index is 0. The van der Waals surface area contributed by atoms with Gasteiger partial charge in [-0.25, -0.2) is 0 Å². The van der Waals surface area contributed by atoms with Crippen LogP contribution in [0, 0.1) is 0 Å². The summed E-state index contributed by atoms with van der Waals surface area (Å²) in [5, 5.41) is 0. The van der Waals surface area contributed by atoms with E-state index in [2.05, 4.69) is 0 Å². The summed E-state index contributed by atoms with van der Waals surface area (Å²) in [6.45, 7) is 0. The molecule has 0 rings (SSSR count). The molecule has 0 aliphatic heterocycles. The van der Waals surface area contributed by atoms with E-state index in [4.69, 9.17) is 0 Å². The van der Waals surface area contributed by atoms with Crippen molar-refractivity contribution in [1.29, 1.82) is 0 Å². The van der Waals surface area contributed by atoms with Crippen LogP contribution in [0.3, 0.4) is 0 Å². The maximum Gasteiger partial charge on any atom is 2.00 e. The Labute approximate surface area is 71.1 Å². The summed E-state index contributed by atoms with van der Waals surface area (Å²) in [5.41, 5.74) is 0. The van der Waals surface area contributed by atoms with Gasteiger partial charge in [-0.05, 0) is 0 Å². The zero-order chi connectivity index (χ0) is 0. The minimum atomic E-state index is 0. The van der Waals surface area contributed by atoms with Crippen molar-refractivity contribution in [3.63, 3.8) is 0 Å². The molecule has 0 N–H and O–H groups in total. The summed E-state index contributed by atoms with van der Waals surface area (Å²) in [7, 11) is 0. The summed E-state index contributed by atoms with van der Waals surface area (Å²) in [4.78, 5) is 0. The summed E-state index contributed by atoms with van der Waals surface area (Å²) in [6, 6.07) is 0. The minimum absolute atomic E-state index is 0. The molecule has 0 fully saturated rings. The SMILES string of the molecule is [Al].[Al].[H-].[H-].[Mg+2].[Si]. The predicted octanol–water partition coefficient (Wildman–Crippen LogP) is -1.30. The molecular formula is H2Al2MgSi. The molecule has 14 valence electrons. The Balaban J connectivity index is 0. The van der Waals surface area contributed by atoms with E-state index in [9.17, 15) is 0 Å². The molecule has 0 aliphatic carbocycles. The predicted molar refractivity (Wildman–Crippen MR) is 25.2 cm³/mol. The van der Waals surface area contributed by atoms with Gasteiger partial charge in [0, 0.05) is 45.7 Å². The number of hydrogen-bond donors (Lipinski definition) is 0. The van der Waals surface area contributed by atoms with Gasteiger partial charge in [-0.2, -0.15) is 0 Å². The molecule has 0 heterocycles. The fraction of sp³-hybridized carbons (Fsp3) is 0. The van der Waals surface area contributed by atoms with Gasteiger partial charge in [0.2, 0.25) is 0 Å². The van der Waals surface area contributed by atoms with Gasteiger partial charge in [0.05, 0.1) is 0 Å². The second-order valence-electron chi connectivity index (χ2n) is 0. The Kier molecular flexibility index (Phi) is 181. The van der Waals surface area contributed by atoms with Crippen LogP contribution in [0.4, 0.5) is 0 Å². The Morgan fingerprint density at radius 2 is 1.00 bits per heavy atom. The van der Waals surface area contributed by atoms with Crippen LogP contribution < -0.4 is 0 Å². The van der Waals surface area contributed by atoms with E-state index in [1.807, 2.05) is 0 Å². The van der Waals surface area contributed by atoms with Crippen molar-refractivity contribution in [3.05, 3.63) is 0 Å². The molecule has 4 heteroatoms. The summed E-state index contributed by atoms with van der Waals surface area (Å²) < 4.78 is 0. The molecule has 0 spiro atoms. The number of hydrogen-bond acceptors (Lipinski definition) is 0. The zero-order valence-electron chi connectivity index (χ0n) is 4.36. The van der Waals surface area contributed by atoms with Crippen LogP contribution >= 0.6 is 0 Å². The average Bonchev–Trinajstić information content (AvgIpc) is 0. The first-order valence-electron chi connectivity index (χ1n) is 0. The molecule has 0 unspecified atom stereocenters. The van der Waals surface area contributed by atoms with E-state index in [0.717, 1.165) is 0 Å². The van der Waals surface area contributed by atoms with Crippen molar-refractivity contribution in [1.82, 2.24) is 0 Å². The molecule has 10 radical (unpaired) electrons. The molecule has 4 heavy (non-hydrogen) atoms. The molecule has 0 bridgehead atoms. The van der Waals surface area contributed by atoms with Crippen LogP contribution in [0.5, 0.6) is 0 Å². The third-order valence-corrected chi connectivity index (χ3v) is 0. The van der Waals surface area contributed by atoms with Gasteiger partial charge in [-0.3, -0.25) is 0 Å². The normalized spacial score (nSPS) is 0. The van der Waals surface area contributed by atoms with Crippen molar-refractivity contribution in [2.45, 2.75) is 0 Å². The summed E-state index contributed by atoms with van der Waals surface area (Å²) >= 11 is 0. The fourth-order valence-corrected chi connectivity index (χ4v) is 0. The van der Waals surface area contributed by atoms with Crippen LogP contribution in [0.2, 0.25) is 0 Å². The Hall–Kier alpha value is 2.05. The summed E-state index contributed by atoms with van der Waals surface area (Å²) in [6.07, 6.45) is 0. The van der Waals surface area contributed by atoms with Crippen LogP contribution in [-0.4, -0.2) is 68.7 Å². The number of rotatable bonds is 0. The van der Waals surface area contributed by atoms with E-state index in [1.54, 1.807) is 0 Å². The third kappa shape index (κ3) is 8.97. The van der Waals surface area contributed by atoms with Gasteiger partial charge in [-0.1, -0.05) is 0 Å². The first-order chi connectivity index (χ1) is 0. The van der Waals surface area contributed by atoms with Gasteiger partial charge in [-0.15, -0.1) is 0 Å². The zero-order valence-corrected chi connectivity index (χ0v) is 7.09. The first-order valence-corrected chi connectivity index (χ1v) is 0. The van der Waals surface area contributed by atoms with Crippen molar-refractivity contribution in [3.8, 4) is 0 Å². The van der Waals surface area contributed by atoms with Gasteiger partial charge < -0.3 is 2.85 Å². The Bertz CT molecular complexity index is 11.5. The van der Waals surface area contributed by atoms with E-state index in [1.165, 1.54) is 0 Å². The minimum Gasteiger partial charge on any atom is -1.00 e. The molecule has 0 saturated carbocycles. The molecule has 0 aromatic carbocycles. The van der Waals surface area contributed by atoms with Crippen molar-refractivity contribution in [2.24, 2.45) is 0 Å². The van der Waals surface area contributed by atoms with E-state index < -0.39 is 0 Å². The third-order valence-electron chi connectivity index (χ3n) is 0. The standard InChI is InChI=1S/2Al.Mg.Si.2H/q;;+2;;2*-1. The van der Waals surface area contributed by atoms with Gasteiger partial charge in [0.25, 0.3) is 0 Å². The topological polar surface area (TPSA) is 0 Å². The molecule has 0 nitrogen and oxygen atoms in total. The molecule has 0 aliphatic rings. The van der Waals surface area contributed by atoms with Crippen molar-refractivity contribution >= 4 is 68.7 Å². The van der Waals surface area contributed by atoms with E-state index >= 15 is 0 Å². The molecule has 0 aromatic rings. The monoisotopic (exact) mass is 108 g/mol. The van der Waals surface area contributed by atoms with Crippen LogP contribution in [0.25, 0.3) is 0 Å². The van der Waals surface area contributed by atoms with E-state index in [-0.39, 0.29) is 71.6 Å². The van der Waals surface area contributed by atoms with E-state index in [0.29, 0.717) is 0 Å². The molecule has 0 amide bonds. The van der Waals surface area contributed by atoms with Crippen LogP contribution in [-0.2, 0) is 0 Å². The van der Waals surface area contributed by atoms with Crippen LogP contribution in [0.1, 0.15) is 2.85 Å². The molecule has 0 atom stereocenters. The Morgan fingerprint density at radius 3 is 1.00 bits per heavy atom. The van der Waals surface area contributed by atoms with Gasteiger partial charge in [0.15, 0.2) is 0 Å². The Morgan fingerprint density at radius 1 is 1.00 bits per heavy atom. The van der Waals surface area contributed by atoms with Crippen molar-refractivity contribution < 1.29 is 2.85 Å². The fourth-order valence-electron chi connectivity index (χ4n) is 0. The molecule has 0 saturated heterocycles. The average molecular weight is 108 g/mol. The summed E-state index contributed by atoms with van der Waals surface area (Å²) in [5.74, 6) is 0. The van der Waals surface area contributed by atoms with Crippen molar-refractivity contribution in [2.75, 3.05) is 0 Å². The first kappa shape index (κ1) is 36.7. The second-order valence-corrected chi connectivity index (χ2v) is 0. The molecule has 0 aromatic heterocycles.